The van der Waals surface area contributed by atoms with Crippen LogP contribution < -0.4 is 10.6 Å². The lowest BCUT2D eigenvalue weighted by Crippen LogP contribution is -2.00. The summed E-state index contributed by atoms with van der Waals surface area (Å²) < 4.78 is 17.0. The number of fused-ring (bicyclic) bond motifs is 2. The van der Waals surface area contributed by atoms with Crippen LogP contribution in [0.3, 0.4) is 0 Å². The van der Waals surface area contributed by atoms with E-state index in [0.29, 0.717) is 11.3 Å². The first-order valence-electron chi connectivity index (χ1n) is 5.96. The van der Waals surface area contributed by atoms with Gasteiger partial charge in [-0.2, -0.15) is 0 Å². The van der Waals surface area contributed by atoms with Gasteiger partial charge in [0.25, 0.3) is 0 Å². The van der Waals surface area contributed by atoms with E-state index in [9.17, 15) is 0 Å². The fourth-order valence-corrected chi connectivity index (χ4v) is 2.49. The number of rotatable bonds is 3. The van der Waals surface area contributed by atoms with Crippen molar-refractivity contribution >= 4 is 21.9 Å². The minimum absolute atomic E-state index is 0.253. The first kappa shape index (κ1) is 12.1. The molecular weight excluding hydrogens is 246 g/mol. The van der Waals surface area contributed by atoms with Crippen molar-refractivity contribution in [3.05, 3.63) is 29.2 Å². The Morgan fingerprint density at radius 2 is 1.68 bits per heavy atom. The van der Waals surface area contributed by atoms with Crippen LogP contribution in [-0.4, -0.2) is 7.11 Å². The summed E-state index contributed by atoms with van der Waals surface area (Å²) in [5.74, 6) is 7.50. The van der Waals surface area contributed by atoms with E-state index in [4.69, 9.17) is 24.3 Å². The third-order valence-electron chi connectivity index (χ3n) is 3.19. The van der Waals surface area contributed by atoms with Crippen LogP contribution in [0, 0.1) is 13.8 Å². The molecule has 0 aliphatic carbocycles. The van der Waals surface area contributed by atoms with E-state index in [1.54, 1.807) is 7.11 Å². The van der Waals surface area contributed by atoms with Crippen molar-refractivity contribution in [2.75, 3.05) is 7.11 Å². The normalized spacial score (nSPS) is 11.6. The van der Waals surface area contributed by atoms with Crippen LogP contribution in [0.4, 0.5) is 0 Å². The molecule has 0 unspecified atom stereocenters. The van der Waals surface area contributed by atoms with E-state index in [1.165, 1.54) is 0 Å². The van der Waals surface area contributed by atoms with Crippen molar-refractivity contribution in [1.29, 1.82) is 0 Å². The van der Waals surface area contributed by atoms with Crippen LogP contribution in [0.25, 0.3) is 21.9 Å². The van der Waals surface area contributed by atoms with E-state index in [0.717, 1.165) is 33.4 Å². The van der Waals surface area contributed by atoms with Gasteiger partial charge in [-0.05, 0) is 26.0 Å². The fraction of sp³-hybridized carbons (Fsp3) is 0.286. The molecule has 5 nitrogen and oxygen atoms in total. The average Bonchev–Trinajstić information content (AvgIpc) is 2.92. The summed E-state index contributed by atoms with van der Waals surface area (Å²) in [4.78, 5) is 4.79. The minimum atomic E-state index is 0.253. The van der Waals surface area contributed by atoms with E-state index < -0.39 is 0 Å². The molecule has 3 aromatic rings. The Hall–Kier alpha value is -1.98. The molecule has 0 bridgehead atoms. The number of nitrogens with two attached hydrogens (primary N) is 1. The number of hydrogen-bond donors (Lipinski definition) is 1. The molecule has 0 aliphatic rings. The summed E-state index contributed by atoms with van der Waals surface area (Å²) in [6.45, 7) is 4.03. The second kappa shape index (κ2) is 4.29. The number of methoxy groups -OCH3 is 1. The molecular formula is C14H15NO4. The molecule has 0 radical (unpaired) electrons. The molecule has 5 heteroatoms. The second-order valence-corrected chi connectivity index (χ2v) is 4.52. The molecule has 2 heterocycles. The first-order valence-corrected chi connectivity index (χ1v) is 5.96. The van der Waals surface area contributed by atoms with Crippen molar-refractivity contribution in [3.8, 4) is 5.75 Å². The van der Waals surface area contributed by atoms with E-state index >= 15 is 0 Å². The lowest BCUT2D eigenvalue weighted by atomic mass is 10.1. The summed E-state index contributed by atoms with van der Waals surface area (Å²) in [5, 5.41) is 1.77. The molecule has 1 aromatic carbocycles. The molecule has 0 amide bonds. The van der Waals surface area contributed by atoms with Crippen LogP contribution in [0.1, 0.15) is 17.1 Å². The van der Waals surface area contributed by atoms with Crippen LogP contribution in [-0.2, 0) is 11.4 Å². The molecule has 100 valence electrons. The smallest absolute Gasteiger partial charge is 0.177 e. The number of aryl methyl sites for hydroxylation is 2. The van der Waals surface area contributed by atoms with Gasteiger partial charge in [0.1, 0.15) is 17.1 Å². The van der Waals surface area contributed by atoms with Crippen molar-refractivity contribution < 1.29 is 18.4 Å². The van der Waals surface area contributed by atoms with E-state index in [2.05, 4.69) is 0 Å². The van der Waals surface area contributed by atoms with Gasteiger partial charge in [0.05, 0.1) is 19.1 Å². The Balaban J connectivity index is 2.51. The molecule has 0 atom stereocenters. The Labute approximate surface area is 109 Å². The maximum atomic E-state index is 5.75. The molecule has 2 N–H and O–H groups in total. The van der Waals surface area contributed by atoms with Crippen molar-refractivity contribution in [1.82, 2.24) is 0 Å². The van der Waals surface area contributed by atoms with Gasteiger partial charge in [-0.15, -0.1) is 0 Å². The summed E-state index contributed by atoms with van der Waals surface area (Å²) >= 11 is 0. The zero-order valence-electron chi connectivity index (χ0n) is 11.1. The largest absolute Gasteiger partial charge is 0.492 e. The van der Waals surface area contributed by atoms with Gasteiger partial charge in [-0.3, -0.25) is 4.84 Å². The Bertz CT molecular complexity index is 696. The second-order valence-electron chi connectivity index (χ2n) is 4.52. The Morgan fingerprint density at radius 1 is 1.05 bits per heavy atom. The molecule has 3 rings (SSSR count). The zero-order valence-corrected chi connectivity index (χ0v) is 11.1. The van der Waals surface area contributed by atoms with Crippen molar-refractivity contribution in [2.45, 2.75) is 20.5 Å². The molecule has 0 spiro atoms. The average molecular weight is 261 g/mol. The standard InChI is InChI=1S/C14H15NO4/c1-7-4-9-11(6-17-15)12-10(5-8(2)18-12)13(16-3)14(9)19-7/h4-5H,6,15H2,1-3H3. The Morgan fingerprint density at radius 3 is 2.32 bits per heavy atom. The van der Waals surface area contributed by atoms with Crippen LogP contribution >= 0.6 is 0 Å². The van der Waals surface area contributed by atoms with Crippen LogP contribution in [0.15, 0.2) is 21.0 Å². The summed E-state index contributed by atoms with van der Waals surface area (Å²) in [6, 6.07) is 3.86. The third-order valence-corrected chi connectivity index (χ3v) is 3.19. The molecule has 19 heavy (non-hydrogen) atoms. The molecule has 2 aromatic heterocycles. The highest BCUT2D eigenvalue weighted by Crippen LogP contribution is 2.41. The lowest BCUT2D eigenvalue weighted by Gasteiger charge is -2.07. The highest BCUT2D eigenvalue weighted by molar-refractivity contribution is 6.04. The predicted molar refractivity (Wildman–Crippen MR) is 71.0 cm³/mol. The maximum absolute atomic E-state index is 5.75. The minimum Gasteiger partial charge on any atom is -0.492 e. The van der Waals surface area contributed by atoms with Crippen molar-refractivity contribution in [3.63, 3.8) is 0 Å². The lowest BCUT2D eigenvalue weighted by molar-refractivity contribution is 0.125. The number of hydrogen-bond acceptors (Lipinski definition) is 5. The number of benzene rings is 1. The van der Waals surface area contributed by atoms with Gasteiger partial charge in [0.15, 0.2) is 11.3 Å². The summed E-state index contributed by atoms with van der Waals surface area (Å²) in [7, 11) is 1.62. The van der Waals surface area contributed by atoms with Gasteiger partial charge < -0.3 is 13.6 Å². The zero-order chi connectivity index (χ0) is 13.6. The predicted octanol–water partition coefficient (Wildman–Crippen LogP) is 3.19. The molecule has 0 saturated heterocycles. The molecule has 0 saturated carbocycles. The van der Waals surface area contributed by atoms with E-state index in [1.807, 2.05) is 26.0 Å². The highest BCUT2D eigenvalue weighted by atomic mass is 16.6. The number of ether oxygens (including phenoxy) is 1. The van der Waals surface area contributed by atoms with Crippen LogP contribution in [0.2, 0.25) is 0 Å². The third kappa shape index (κ3) is 1.70. The molecule has 0 fully saturated rings. The van der Waals surface area contributed by atoms with Crippen molar-refractivity contribution in [2.24, 2.45) is 5.90 Å². The van der Waals surface area contributed by atoms with E-state index in [-0.39, 0.29) is 6.61 Å². The van der Waals surface area contributed by atoms with Gasteiger partial charge in [-0.25, -0.2) is 5.90 Å². The topological polar surface area (TPSA) is 70.8 Å². The SMILES string of the molecule is COc1c2cc(C)oc2c(CON)c2cc(C)oc12. The number of furan rings is 2. The van der Waals surface area contributed by atoms with Gasteiger partial charge in [0, 0.05) is 10.9 Å². The molecule has 0 aliphatic heterocycles. The first-order chi connectivity index (χ1) is 9.15. The van der Waals surface area contributed by atoms with Gasteiger partial charge in [0.2, 0.25) is 0 Å². The monoisotopic (exact) mass is 261 g/mol. The fourth-order valence-electron chi connectivity index (χ4n) is 2.49. The van der Waals surface area contributed by atoms with Gasteiger partial charge in [-0.1, -0.05) is 0 Å². The summed E-state index contributed by atoms with van der Waals surface area (Å²) in [6.07, 6.45) is 0. The Kier molecular flexibility index (Phi) is 2.73. The summed E-state index contributed by atoms with van der Waals surface area (Å²) in [5.41, 5.74) is 2.30. The van der Waals surface area contributed by atoms with Gasteiger partial charge >= 0.3 is 0 Å². The van der Waals surface area contributed by atoms with Crippen LogP contribution in [0.5, 0.6) is 5.75 Å². The highest BCUT2D eigenvalue weighted by Gasteiger charge is 2.21. The maximum Gasteiger partial charge on any atom is 0.177 e. The quantitative estimate of drug-likeness (QED) is 0.733.